The minimum atomic E-state index is -0.686. The Labute approximate surface area is 72.3 Å². The van der Waals surface area contributed by atoms with E-state index in [0.29, 0.717) is 6.54 Å². The zero-order valence-electron chi connectivity index (χ0n) is 7.72. The van der Waals surface area contributed by atoms with Gasteiger partial charge in [0.1, 0.15) is 0 Å². The van der Waals surface area contributed by atoms with Crippen LogP contribution in [0.25, 0.3) is 0 Å². The first-order valence-corrected chi connectivity index (χ1v) is 4.02. The molecule has 0 rings (SSSR count). The Morgan fingerprint density at radius 1 is 1.50 bits per heavy atom. The van der Waals surface area contributed by atoms with Crippen LogP contribution in [0.3, 0.4) is 0 Å². The van der Waals surface area contributed by atoms with E-state index >= 15 is 0 Å². The number of hydrogen-bond acceptors (Lipinski definition) is 3. The lowest BCUT2D eigenvalue weighted by Crippen LogP contribution is -2.35. The predicted octanol–water partition coefficient (Wildman–Crippen LogP) is 0.464. The van der Waals surface area contributed by atoms with Crippen molar-refractivity contribution in [2.45, 2.75) is 33.3 Å². The molecule has 1 amide bonds. The summed E-state index contributed by atoms with van der Waals surface area (Å²) >= 11 is 0. The molecule has 4 nitrogen and oxygen atoms in total. The Morgan fingerprint density at radius 2 is 2.08 bits per heavy atom. The van der Waals surface area contributed by atoms with Gasteiger partial charge in [-0.05, 0) is 13.3 Å². The molecule has 0 fully saturated rings. The number of nitrogens with one attached hydrogen (secondary N) is 1. The first kappa shape index (κ1) is 10.9. The van der Waals surface area contributed by atoms with Crippen molar-refractivity contribution >= 4 is 11.9 Å². The number of esters is 1. The van der Waals surface area contributed by atoms with Crippen LogP contribution in [-0.4, -0.2) is 24.5 Å². The van der Waals surface area contributed by atoms with Crippen molar-refractivity contribution < 1.29 is 14.3 Å². The summed E-state index contributed by atoms with van der Waals surface area (Å²) in [6.07, 6.45) is 0.187. The Balaban J connectivity index is 3.69. The number of rotatable bonds is 4. The van der Waals surface area contributed by atoms with Crippen LogP contribution in [0.1, 0.15) is 27.2 Å². The van der Waals surface area contributed by atoms with Crippen LogP contribution in [0, 0.1) is 0 Å². The monoisotopic (exact) mass is 173 g/mol. The van der Waals surface area contributed by atoms with Gasteiger partial charge < -0.3 is 10.1 Å². The molecule has 0 saturated heterocycles. The molecule has 0 aromatic rings. The summed E-state index contributed by atoms with van der Waals surface area (Å²) < 4.78 is 4.66. The Kier molecular flexibility index (Phi) is 5.08. The number of carbonyl (C=O) groups excluding carboxylic acids is 2. The molecule has 0 bridgehead atoms. The minimum Gasteiger partial charge on any atom is -0.453 e. The molecule has 0 heterocycles. The molecule has 1 atom stereocenters. The Morgan fingerprint density at radius 3 is 2.50 bits per heavy atom. The number of amides is 1. The Bertz CT molecular complexity index is 168. The number of hydrogen-bond donors (Lipinski definition) is 1. The van der Waals surface area contributed by atoms with Gasteiger partial charge >= 0.3 is 5.97 Å². The van der Waals surface area contributed by atoms with E-state index in [-0.39, 0.29) is 5.91 Å². The van der Waals surface area contributed by atoms with Crippen LogP contribution in [-0.2, 0) is 14.3 Å². The fourth-order valence-electron chi connectivity index (χ4n) is 0.694. The summed E-state index contributed by atoms with van der Waals surface area (Å²) in [6.45, 7) is 5.40. The molecular weight excluding hydrogens is 158 g/mol. The molecule has 1 unspecified atom stereocenters. The smallest absolute Gasteiger partial charge is 0.303 e. The van der Waals surface area contributed by atoms with Crippen molar-refractivity contribution in [2.24, 2.45) is 0 Å². The quantitative estimate of drug-likeness (QED) is 0.628. The van der Waals surface area contributed by atoms with Crippen molar-refractivity contribution in [3.63, 3.8) is 0 Å². The summed E-state index contributed by atoms with van der Waals surface area (Å²) in [4.78, 5) is 21.5. The molecule has 0 aromatic heterocycles. The van der Waals surface area contributed by atoms with E-state index in [1.54, 1.807) is 6.92 Å². The first-order chi connectivity index (χ1) is 5.57. The van der Waals surface area contributed by atoms with Crippen molar-refractivity contribution in [3.8, 4) is 0 Å². The second kappa shape index (κ2) is 5.57. The van der Waals surface area contributed by atoms with Crippen LogP contribution >= 0.6 is 0 Å². The molecule has 0 aliphatic carbocycles. The number of ether oxygens (including phenoxy) is 1. The molecule has 12 heavy (non-hydrogen) atoms. The van der Waals surface area contributed by atoms with Crippen LogP contribution in [0.4, 0.5) is 0 Å². The van der Waals surface area contributed by atoms with Gasteiger partial charge in [0.15, 0.2) is 6.10 Å². The van der Waals surface area contributed by atoms with E-state index in [2.05, 4.69) is 10.1 Å². The molecular formula is C8H15NO3. The molecule has 0 aliphatic heterocycles. The number of carbonyl (C=O) groups is 2. The highest BCUT2D eigenvalue weighted by Gasteiger charge is 2.13. The van der Waals surface area contributed by atoms with E-state index in [1.807, 2.05) is 6.92 Å². The van der Waals surface area contributed by atoms with Crippen molar-refractivity contribution in [1.82, 2.24) is 5.32 Å². The second-order valence-corrected chi connectivity index (χ2v) is 2.54. The van der Waals surface area contributed by atoms with Gasteiger partial charge in [-0.3, -0.25) is 9.59 Å². The lowest BCUT2D eigenvalue weighted by Gasteiger charge is -2.10. The van der Waals surface area contributed by atoms with Gasteiger partial charge in [0, 0.05) is 13.5 Å². The van der Waals surface area contributed by atoms with Gasteiger partial charge in [0.05, 0.1) is 0 Å². The third-order valence-corrected chi connectivity index (χ3v) is 1.26. The summed E-state index contributed by atoms with van der Waals surface area (Å²) in [5, 5.41) is 2.62. The minimum absolute atomic E-state index is 0.243. The topological polar surface area (TPSA) is 55.4 Å². The summed E-state index contributed by atoms with van der Waals surface area (Å²) in [6, 6.07) is 0. The van der Waals surface area contributed by atoms with Crippen molar-refractivity contribution in [1.29, 1.82) is 0 Å². The van der Waals surface area contributed by atoms with E-state index in [0.717, 1.165) is 6.42 Å². The molecule has 4 heteroatoms. The molecule has 0 saturated carbocycles. The maximum Gasteiger partial charge on any atom is 0.303 e. The van der Waals surface area contributed by atoms with E-state index < -0.39 is 12.1 Å². The highest BCUT2D eigenvalue weighted by Crippen LogP contribution is 1.90. The van der Waals surface area contributed by atoms with Crippen LogP contribution in [0.5, 0.6) is 0 Å². The summed E-state index contributed by atoms with van der Waals surface area (Å²) in [5.74, 6) is -0.679. The van der Waals surface area contributed by atoms with Crippen LogP contribution < -0.4 is 5.32 Å². The highest BCUT2D eigenvalue weighted by molar-refractivity contribution is 5.82. The fraction of sp³-hybridized carbons (Fsp3) is 0.750. The van der Waals surface area contributed by atoms with Crippen LogP contribution in [0.2, 0.25) is 0 Å². The fourth-order valence-corrected chi connectivity index (χ4v) is 0.694. The van der Waals surface area contributed by atoms with Gasteiger partial charge in [0.25, 0.3) is 5.91 Å². The molecule has 0 aromatic carbocycles. The van der Waals surface area contributed by atoms with Gasteiger partial charge in [-0.2, -0.15) is 0 Å². The molecule has 70 valence electrons. The van der Waals surface area contributed by atoms with Gasteiger partial charge in [-0.15, -0.1) is 0 Å². The van der Waals surface area contributed by atoms with Gasteiger partial charge in [0.2, 0.25) is 0 Å². The van der Waals surface area contributed by atoms with Crippen molar-refractivity contribution in [3.05, 3.63) is 0 Å². The average Bonchev–Trinajstić information content (AvgIpc) is 1.98. The van der Waals surface area contributed by atoms with E-state index in [9.17, 15) is 9.59 Å². The lowest BCUT2D eigenvalue weighted by molar-refractivity contribution is -0.152. The largest absolute Gasteiger partial charge is 0.453 e. The van der Waals surface area contributed by atoms with Crippen LogP contribution in [0.15, 0.2) is 0 Å². The maximum absolute atomic E-state index is 11.0. The molecule has 1 N–H and O–H groups in total. The average molecular weight is 173 g/mol. The standard InChI is InChI=1S/C8H15NO3/c1-4-5-9-8(11)6(2)12-7(3)10/h6H,4-5H2,1-3H3,(H,9,11). The van der Waals surface area contributed by atoms with Gasteiger partial charge in [-0.25, -0.2) is 0 Å². The van der Waals surface area contributed by atoms with Gasteiger partial charge in [-0.1, -0.05) is 6.92 Å². The SMILES string of the molecule is CCCNC(=O)C(C)OC(C)=O. The van der Waals surface area contributed by atoms with E-state index in [1.165, 1.54) is 6.92 Å². The maximum atomic E-state index is 11.0. The molecule has 0 spiro atoms. The Hall–Kier alpha value is -1.06. The molecule has 0 radical (unpaired) electrons. The second-order valence-electron chi connectivity index (χ2n) is 2.54. The van der Waals surface area contributed by atoms with Crippen molar-refractivity contribution in [2.75, 3.05) is 6.54 Å². The third kappa shape index (κ3) is 4.71. The summed E-state index contributed by atoms with van der Waals surface area (Å²) in [7, 11) is 0. The highest BCUT2D eigenvalue weighted by atomic mass is 16.5. The zero-order valence-corrected chi connectivity index (χ0v) is 7.72. The normalized spacial score (nSPS) is 11.9. The summed E-state index contributed by atoms with van der Waals surface area (Å²) in [5.41, 5.74) is 0. The zero-order chi connectivity index (χ0) is 9.56. The molecule has 0 aliphatic rings. The lowest BCUT2D eigenvalue weighted by atomic mass is 10.3. The predicted molar refractivity (Wildman–Crippen MR) is 44.5 cm³/mol. The van der Waals surface area contributed by atoms with E-state index in [4.69, 9.17) is 0 Å². The third-order valence-electron chi connectivity index (χ3n) is 1.26. The first-order valence-electron chi connectivity index (χ1n) is 4.02.